The van der Waals surface area contributed by atoms with Gasteiger partial charge in [-0.1, -0.05) is 42.9 Å². The Labute approximate surface area is 123 Å². The minimum Gasteiger partial charge on any atom is -0.389 e. The van der Waals surface area contributed by atoms with E-state index in [9.17, 15) is 0 Å². The Morgan fingerprint density at radius 2 is 1.79 bits per heavy atom. The number of hydrogen-bond acceptors (Lipinski definition) is 2. The molecular weight excluding hydrogens is 276 g/mol. The molecule has 0 aliphatic carbocycles. The fourth-order valence-electron chi connectivity index (χ4n) is 1.78. The third kappa shape index (κ3) is 3.46. The maximum atomic E-state index is 6.13. The number of benzene rings is 2. The molecule has 0 atom stereocenters. The zero-order valence-electron chi connectivity index (χ0n) is 10.6. The van der Waals surface area contributed by atoms with Crippen molar-refractivity contribution in [3.63, 3.8) is 0 Å². The van der Waals surface area contributed by atoms with Crippen molar-refractivity contribution in [2.45, 2.75) is 13.3 Å². The highest BCUT2D eigenvalue weighted by molar-refractivity contribution is 7.80. The molecule has 2 nitrogen and oxygen atoms in total. The van der Waals surface area contributed by atoms with Gasteiger partial charge in [-0.2, -0.15) is 0 Å². The molecule has 19 heavy (non-hydrogen) atoms. The van der Waals surface area contributed by atoms with E-state index in [0.29, 0.717) is 15.6 Å². The van der Waals surface area contributed by atoms with E-state index >= 15 is 0 Å². The summed E-state index contributed by atoms with van der Waals surface area (Å²) >= 11 is 11.1. The number of rotatable bonds is 4. The fraction of sp³-hybridized carbons (Fsp3) is 0.133. The molecule has 0 aromatic heterocycles. The Morgan fingerprint density at radius 3 is 2.32 bits per heavy atom. The van der Waals surface area contributed by atoms with Crippen LogP contribution in [-0.2, 0) is 6.42 Å². The lowest BCUT2D eigenvalue weighted by Gasteiger charge is -2.09. The van der Waals surface area contributed by atoms with E-state index in [1.807, 2.05) is 30.3 Å². The summed E-state index contributed by atoms with van der Waals surface area (Å²) in [4.78, 5) is 0.309. The lowest BCUT2D eigenvalue weighted by atomic mass is 10.1. The van der Waals surface area contributed by atoms with Crippen LogP contribution in [0.25, 0.3) is 0 Å². The van der Waals surface area contributed by atoms with E-state index in [1.54, 1.807) is 0 Å². The highest BCUT2D eigenvalue weighted by Gasteiger charge is 2.04. The summed E-state index contributed by atoms with van der Waals surface area (Å²) in [6.45, 7) is 2.14. The van der Waals surface area contributed by atoms with Crippen LogP contribution in [-0.4, -0.2) is 4.99 Å². The Morgan fingerprint density at radius 1 is 1.16 bits per heavy atom. The predicted molar refractivity (Wildman–Crippen MR) is 86.4 cm³/mol. The second kappa shape index (κ2) is 6.04. The molecule has 0 aliphatic heterocycles. The first-order valence-electron chi connectivity index (χ1n) is 6.05. The molecule has 4 heteroatoms. The Hall–Kier alpha value is -1.58. The lowest BCUT2D eigenvalue weighted by Crippen LogP contribution is -2.09. The summed E-state index contributed by atoms with van der Waals surface area (Å²) in [5.74, 6) is 0. The van der Waals surface area contributed by atoms with E-state index in [1.165, 1.54) is 5.56 Å². The van der Waals surface area contributed by atoms with Gasteiger partial charge in [0.15, 0.2) is 0 Å². The number of aryl methyl sites for hydroxylation is 1. The van der Waals surface area contributed by atoms with E-state index in [2.05, 4.69) is 24.4 Å². The van der Waals surface area contributed by atoms with Gasteiger partial charge in [0.25, 0.3) is 0 Å². The standard InChI is InChI=1S/C15H15ClN2S/c1-2-10-3-5-11(6-4-10)18-12-7-8-13(15(17)19)14(16)9-12/h3-9,18H,2H2,1H3,(H2,17,19). The Balaban J connectivity index is 2.18. The van der Waals surface area contributed by atoms with Crippen molar-refractivity contribution >= 4 is 40.2 Å². The van der Waals surface area contributed by atoms with Crippen LogP contribution in [0.3, 0.4) is 0 Å². The summed E-state index contributed by atoms with van der Waals surface area (Å²) in [6.07, 6.45) is 1.04. The SMILES string of the molecule is CCc1ccc(Nc2ccc(C(N)=S)c(Cl)c2)cc1. The van der Waals surface area contributed by atoms with E-state index in [0.717, 1.165) is 17.8 Å². The maximum absolute atomic E-state index is 6.13. The van der Waals surface area contributed by atoms with Crippen molar-refractivity contribution < 1.29 is 0 Å². The van der Waals surface area contributed by atoms with Gasteiger partial charge in [0, 0.05) is 16.9 Å². The zero-order valence-corrected chi connectivity index (χ0v) is 12.2. The van der Waals surface area contributed by atoms with Gasteiger partial charge < -0.3 is 11.1 Å². The third-order valence-electron chi connectivity index (χ3n) is 2.89. The first kappa shape index (κ1) is 13.8. The minimum absolute atomic E-state index is 0.309. The monoisotopic (exact) mass is 290 g/mol. The minimum atomic E-state index is 0.309. The van der Waals surface area contributed by atoms with Crippen LogP contribution in [0.1, 0.15) is 18.1 Å². The van der Waals surface area contributed by atoms with Crippen LogP contribution in [0.15, 0.2) is 42.5 Å². The number of hydrogen-bond donors (Lipinski definition) is 2. The van der Waals surface area contributed by atoms with Crippen molar-refractivity contribution in [3.05, 3.63) is 58.6 Å². The van der Waals surface area contributed by atoms with Gasteiger partial charge in [-0.3, -0.25) is 0 Å². The number of halogens is 1. The number of thiocarbonyl (C=S) groups is 1. The van der Waals surface area contributed by atoms with Crippen LogP contribution in [0, 0.1) is 0 Å². The average molecular weight is 291 g/mol. The van der Waals surface area contributed by atoms with E-state index in [-0.39, 0.29) is 0 Å². The molecule has 98 valence electrons. The summed E-state index contributed by atoms with van der Waals surface area (Å²) in [6, 6.07) is 13.9. The molecule has 0 aliphatic rings. The van der Waals surface area contributed by atoms with Crippen molar-refractivity contribution in [1.82, 2.24) is 0 Å². The van der Waals surface area contributed by atoms with Gasteiger partial charge in [0.1, 0.15) is 4.99 Å². The first-order chi connectivity index (χ1) is 9.10. The summed E-state index contributed by atoms with van der Waals surface area (Å²) in [5, 5.41) is 3.85. The predicted octanol–water partition coefficient (Wildman–Crippen LogP) is 4.28. The molecule has 0 amide bonds. The molecule has 0 spiro atoms. The molecule has 2 aromatic carbocycles. The van der Waals surface area contributed by atoms with E-state index < -0.39 is 0 Å². The second-order valence-electron chi connectivity index (χ2n) is 4.23. The molecule has 0 heterocycles. The van der Waals surface area contributed by atoms with E-state index in [4.69, 9.17) is 29.6 Å². The van der Waals surface area contributed by atoms with Gasteiger partial charge in [0.2, 0.25) is 0 Å². The van der Waals surface area contributed by atoms with Gasteiger partial charge in [0.05, 0.1) is 5.02 Å². The summed E-state index contributed by atoms with van der Waals surface area (Å²) in [5.41, 5.74) is 9.52. The quantitative estimate of drug-likeness (QED) is 0.826. The highest BCUT2D eigenvalue weighted by atomic mass is 35.5. The molecule has 0 bridgehead atoms. The number of nitrogens with two attached hydrogens (primary N) is 1. The van der Waals surface area contributed by atoms with Crippen molar-refractivity contribution in [2.75, 3.05) is 5.32 Å². The molecule has 2 aromatic rings. The largest absolute Gasteiger partial charge is 0.389 e. The molecule has 0 saturated heterocycles. The van der Waals surface area contributed by atoms with Gasteiger partial charge in [-0.05, 0) is 42.3 Å². The highest BCUT2D eigenvalue weighted by Crippen LogP contribution is 2.24. The normalized spacial score (nSPS) is 10.2. The Kier molecular flexibility index (Phi) is 4.40. The van der Waals surface area contributed by atoms with Crippen molar-refractivity contribution in [1.29, 1.82) is 0 Å². The smallest absolute Gasteiger partial charge is 0.105 e. The molecule has 0 fully saturated rings. The van der Waals surface area contributed by atoms with Gasteiger partial charge in [-0.25, -0.2) is 0 Å². The summed E-state index contributed by atoms with van der Waals surface area (Å²) < 4.78 is 0. The van der Waals surface area contributed by atoms with Gasteiger partial charge in [-0.15, -0.1) is 0 Å². The molecule has 0 radical (unpaired) electrons. The first-order valence-corrected chi connectivity index (χ1v) is 6.84. The third-order valence-corrected chi connectivity index (χ3v) is 3.42. The Bertz CT molecular complexity index is 594. The molecule has 0 saturated carbocycles. The van der Waals surface area contributed by atoms with Crippen LogP contribution < -0.4 is 11.1 Å². The molecule has 2 rings (SSSR count). The van der Waals surface area contributed by atoms with Gasteiger partial charge >= 0.3 is 0 Å². The number of anilines is 2. The number of nitrogens with one attached hydrogen (secondary N) is 1. The second-order valence-corrected chi connectivity index (χ2v) is 5.08. The van der Waals surface area contributed by atoms with Crippen molar-refractivity contribution in [3.8, 4) is 0 Å². The maximum Gasteiger partial charge on any atom is 0.105 e. The fourth-order valence-corrected chi connectivity index (χ4v) is 2.30. The van der Waals surface area contributed by atoms with Crippen LogP contribution in [0.4, 0.5) is 11.4 Å². The van der Waals surface area contributed by atoms with Crippen LogP contribution >= 0.6 is 23.8 Å². The molecular formula is C15H15ClN2S. The van der Waals surface area contributed by atoms with Crippen molar-refractivity contribution in [2.24, 2.45) is 5.73 Å². The zero-order chi connectivity index (χ0) is 13.8. The molecule has 0 unspecified atom stereocenters. The topological polar surface area (TPSA) is 38.0 Å². The lowest BCUT2D eigenvalue weighted by molar-refractivity contribution is 1.14. The summed E-state index contributed by atoms with van der Waals surface area (Å²) in [7, 11) is 0. The average Bonchev–Trinajstić information content (AvgIpc) is 2.39. The van der Waals surface area contributed by atoms with Crippen LogP contribution in [0.2, 0.25) is 5.02 Å². The molecule has 3 N–H and O–H groups in total. The van der Waals surface area contributed by atoms with Crippen LogP contribution in [0.5, 0.6) is 0 Å².